The first-order valence-electron chi connectivity index (χ1n) is 6.05. The third kappa shape index (κ3) is 4.32. The molecule has 0 radical (unpaired) electrons. The van der Waals surface area contributed by atoms with E-state index in [1.54, 1.807) is 18.2 Å². The van der Waals surface area contributed by atoms with Crippen LogP contribution in [0, 0.1) is 5.82 Å². The lowest BCUT2D eigenvalue weighted by Gasteiger charge is -2.09. The van der Waals surface area contributed by atoms with Crippen molar-refractivity contribution in [2.75, 3.05) is 11.1 Å². The minimum absolute atomic E-state index is 0.0433. The van der Waals surface area contributed by atoms with Crippen molar-refractivity contribution in [2.45, 2.75) is 4.90 Å². The predicted molar refractivity (Wildman–Crippen MR) is 76.5 cm³/mol. The zero-order valence-corrected chi connectivity index (χ0v) is 11.7. The maximum absolute atomic E-state index is 12.7. The van der Waals surface area contributed by atoms with Gasteiger partial charge in [-0.1, -0.05) is 18.2 Å². The summed E-state index contributed by atoms with van der Waals surface area (Å²) in [6.45, 7) is 0. The fourth-order valence-electron chi connectivity index (χ4n) is 1.63. The number of nitrogens with one attached hydrogen (secondary N) is 1. The van der Waals surface area contributed by atoms with Gasteiger partial charge in [-0.3, -0.25) is 4.79 Å². The van der Waals surface area contributed by atoms with Crippen LogP contribution in [0.15, 0.2) is 53.4 Å². The lowest BCUT2D eigenvalue weighted by molar-refractivity contribution is -0.255. The van der Waals surface area contributed by atoms with Crippen LogP contribution in [0.1, 0.15) is 10.4 Å². The maximum atomic E-state index is 12.7. The third-order valence-electron chi connectivity index (χ3n) is 2.59. The monoisotopic (exact) mass is 304 g/mol. The highest BCUT2D eigenvalue weighted by molar-refractivity contribution is 8.00. The minimum Gasteiger partial charge on any atom is -0.545 e. The number of halogens is 1. The first-order chi connectivity index (χ1) is 10.1. The molecule has 0 aliphatic carbocycles. The molecule has 0 unspecified atom stereocenters. The average molecular weight is 304 g/mol. The Kier molecular flexibility index (Phi) is 4.94. The van der Waals surface area contributed by atoms with Crippen LogP contribution in [0.5, 0.6) is 0 Å². The van der Waals surface area contributed by atoms with Gasteiger partial charge in [-0.2, -0.15) is 0 Å². The summed E-state index contributed by atoms with van der Waals surface area (Å²) in [7, 11) is 0. The molecule has 0 aromatic heterocycles. The molecule has 0 spiro atoms. The highest BCUT2D eigenvalue weighted by Gasteiger charge is 2.07. The molecule has 0 aliphatic heterocycles. The van der Waals surface area contributed by atoms with Gasteiger partial charge in [0.05, 0.1) is 11.7 Å². The Bertz CT molecular complexity index is 658. The second-order valence-corrected chi connectivity index (χ2v) is 5.14. The largest absolute Gasteiger partial charge is 0.545 e. The average Bonchev–Trinajstić information content (AvgIpc) is 2.48. The standard InChI is InChI=1S/C15H12FNO3S/c16-10-5-7-11(8-6-10)17-14(18)9-21-13-4-2-1-3-12(13)15(19)20/h1-8H,9H2,(H,17,18)(H,19,20)/p-1. The molecule has 1 N–H and O–H groups in total. The van der Waals surface area contributed by atoms with E-state index in [-0.39, 0.29) is 23.0 Å². The van der Waals surface area contributed by atoms with Gasteiger partial charge < -0.3 is 15.2 Å². The molecule has 0 bridgehead atoms. The van der Waals surface area contributed by atoms with Crippen LogP contribution in [-0.2, 0) is 4.79 Å². The van der Waals surface area contributed by atoms with Crippen LogP contribution in [0.3, 0.4) is 0 Å². The van der Waals surface area contributed by atoms with E-state index in [4.69, 9.17) is 0 Å². The Morgan fingerprint density at radius 3 is 2.43 bits per heavy atom. The zero-order chi connectivity index (χ0) is 15.2. The van der Waals surface area contributed by atoms with E-state index in [0.717, 1.165) is 11.8 Å². The number of aromatic carboxylic acids is 1. The van der Waals surface area contributed by atoms with Gasteiger partial charge in [0.25, 0.3) is 0 Å². The number of thioether (sulfide) groups is 1. The molecule has 0 saturated heterocycles. The zero-order valence-electron chi connectivity index (χ0n) is 10.8. The summed E-state index contributed by atoms with van der Waals surface area (Å²) in [4.78, 5) is 23.2. The molecule has 2 aromatic rings. The molecular formula is C15H11FNO3S-. The quantitative estimate of drug-likeness (QED) is 0.857. The van der Waals surface area contributed by atoms with Gasteiger partial charge in [0, 0.05) is 16.1 Å². The van der Waals surface area contributed by atoms with Crippen LogP contribution < -0.4 is 10.4 Å². The second-order valence-electron chi connectivity index (χ2n) is 4.13. The van der Waals surface area contributed by atoms with Crippen molar-refractivity contribution >= 4 is 29.3 Å². The molecule has 2 rings (SSSR count). The van der Waals surface area contributed by atoms with E-state index in [1.807, 2.05) is 0 Å². The number of hydrogen-bond donors (Lipinski definition) is 1. The first kappa shape index (κ1) is 15.1. The van der Waals surface area contributed by atoms with Gasteiger partial charge in [0.15, 0.2) is 0 Å². The topological polar surface area (TPSA) is 69.2 Å². The van der Waals surface area contributed by atoms with E-state index in [9.17, 15) is 19.1 Å². The van der Waals surface area contributed by atoms with E-state index < -0.39 is 5.97 Å². The molecule has 1 amide bonds. The van der Waals surface area contributed by atoms with Crippen LogP contribution in [-0.4, -0.2) is 17.6 Å². The molecule has 6 heteroatoms. The van der Waals surface area contributed by atoms with Crippen molar-refractivity contribution in [1.29, 1.82) is 0 Å². The Balaban J connectivity index is 1.95. The second kappa shape index (κ2) is 6.90. The lowest BCUT2D eigenvalue weighted by Crippen LogP contribution is -2.23. The van der Waals surface area contributed by atoms with Gasteiger partial charge in [0.1, 0.15) is 5.82 Å². The summed E-state index contributed by atoms with van der Waals surface area (Å²) in [5.41, 5.74) is 0.535. The number of carbonyl (C=O) groups excluding carboxylic acids is 2. The molecule has 108 valence electrons. The number of carboxylic acids is 1. The van der Waals surface area contributed by atoms with Gasteiger partial charge in [-0.15, -0.1) is 11.8 Å². The van der Waals surface area contributed by atoms with Gasteiger partial charge in [0.2, 0.25) is 5.91 Å². The Morgan fingerprint density at radius 1 is 1.10 bits per heavy atom. The summed E-state index contributed by atoms with van der Waals surface area (Å²) < 4.78 is 12.7. The Hall–Kier alpha value is -2.34. The van der Waals surface area contributed by atoms with E-state index in [0.29, 0.717) is 10.6 Å². The molecule has 0 saturated carbocycles. The molecule has 21 heavy (non-hydrogen) atoms. The maximum Gasteiger partial charge on any atom is 0.234 e. The SMILES string of the molecule is O=C(CSc1ccccc1C(=O)[O-])Nc1ccc(F)cc1. The number of hydrogen-bond acceptors (Lipinski definition) is 4. The van der Waals surface area contributed by atoms with Gasteiger partial charge in [-0.05, 0) is 30.3 Å². The first-order valence-corrected chi connectivity index (χ1v) is 7.03. The summed E-state index contributed by atoms with van der Waals surface area (Å²) >= 11 is 1.10. The number of rotatable bonds is 5. The van der Waals surface area contributed by atoms with E-state index in [1.165, 1.54) is 30.3 Å². The smallest absolute Gasteiger partial charge is 0.234 e. The van der Waals surface area contributed by atoms with Crippen molar-refractivity contribution in [3.8, 4) is 0 Å². The lowest BCUT2D eigenvalue weighted by atomic mass is 10.2. The number of carbonyl (C=O) groups is 2. The molecule has 2 aromatic carbocycles. The highest BCUT2D eigenvalue weighted by Crippen LogP contribution is 2.22. The van der Waals surface area contributed by atoms with E-state index >= 15 is 0 Å². The van der Waals surface area contributed by atoms with Crippen molar-refractivity contribution in [2.24, 2.45) is 0 Å². The molecule has 0 heterocycles. The number of amides is 1. The number of benzene rings is 2. The third-order valence-corrected chi connectivity index (χ3v) is 3.67. The van der Waals surface area contributed by atoms with Crippen LogP contribution >= 0.6 is 11.8 Å². The minimum atomic E-state index is -1.28. The van der Waals surface area contributed by atoms with Crippen LogP contribution in [0.4, 0.5) is 10.1 Å². The van der Waals surface area contributed by atoms with Gasteiger partial charge >= 0.3 is 0 Å². The molecule has 0 fully saturated rings. The fraction of sp³-hybridized carbons (Fsp3) is 0.0667. The Morgan fingerprint density at radius 2 is 1.76 bits per heavy atom. The van der Waals surface area contributed by atoms with Crippen molar-refractivity contribution in [3.63, 3.8) is 0 Å². The van der Waals surface area contributed by atoms with Crippen LogP contribution in [0.2, 0.25) is 0 Å². The van der Waals surface area contributed by atoms with Crippen molar-refractivity contribution in [1.82, 2.24) is 0 Å². The number of carboxylic acid groups (broad SMARTS) is 1. The summed E-state index contributed by atoms with van der Waals surface area (Å²) in [5, 5.41) is 13.5. The molecule has 4 nitrogen and oxygen atoms in total. The number of anilines is 1. The Labute approximate surface area is 125 Å². The highest BCUT2D eigenvalue weighted by atomic mass is 32.2. The van der Waals surface area contributed by atoms with Gasteiger partial charge in [-0.25, -0.2) is 4.39 Å². The summed E-state index contributed by atoms with van der Waals surface area (Å²) in [6.07, 6.45) is 0. The fourth-order valence-corrected chi connectivity index (χ4v) is 2.48. The molecular weight excluding hydrogens is 293 g/mol. The normalized spacial score (nSPS) is 10.1. The van der Waals surface area contributed by atoms with E-state index in [2.05, 4.69) is 5.32 Å². The molecule has 0 aliphatic rings. The predicted octanol–water partition coefficient (Wildman–Crippen LogP) is 1.92. The molecule has 0 atom stereocenters. The summed E-state index contributed by atoms with van der Waals surface area (Å²) in [6, 6.07) is 11.7. The van der Waals surface area contributed by atoms with Crippen LogP contribution in [0.25, 0.3) is 0 Å². The van der Waals surface area contributed by atoms with Crippen molar-refractivity contribution < 1.29 is 19.1 Å². The summed E-state index contributed by atoms with van der Waals surface area (Å²) in [5.74, 6) is -1.93. The van der Waals surface area contributed by atoms with Crippen molar-refractivity contribution in [3.05, 3.63) is 59.9 Å².